The number of aromatic nitrogens is 2. The molecule has 2 aromatic rings. The second-order valence-corrected chi connectivity index (χ2v) is 5.78. The Morgan fingerprint density at radius 2 is 2.05 bits per heavy atom. The van der Waals surface area contributed by atoms with E-state index in [1.165, 1.54) is 24.3 Å². The molecule has 0 fully saturated rings. The molecule has 0 spiro atoms. The van der Waals surface area contributed by atoms with E-state index in [1.807, 2.05) is 0 Å². The van der Waals surface area contributed by atoms with Gasteiger partial charge in [-0.1, -0.05) is 0 Å². The van der Waals surface area contributed by atoms with Crippen LogP contribution in [0, 0.1) is 0 Å². The molecule has 0 saturated heterocycles. The number of rotatable bonds is 5. The Bertz CT molecular complexity index is 789. The zero-order valence-corrected chi connectivity index (χ0v) is 12.9. The summed E-state index contributed by atoms with van der Waals surface area (Å²) in [6, 6.07) is 5.84. The number of hydrogen-bond acceptors (Lipinski definition) is 7. The van der Waals surface area contributed by atoms with Gasteiger partial charge in [-0.2, -0.15) is 0 Å². The van der Waals surface area contributed by atoms with Crippen molar-refractivity contribution in [2.45, 2.75) is 9.92 Å². The van der Waals surface area contributed by atoms with E-state index in [2.05, 4.69) is 15.3 Å². The van der Waals surface area contributed by atoms with Gasteiger partial charge in [-0.3, -0.25) is 18.8 Å². The first kappa shape index (κ1) is 16.2. The topological polar surface area (TPSA) is 141 Å². The molecule has 8 nitrogen and oxygen atoms in total. The number of H-pyrrole nitrogens is 1. The number of anilines is 2. The van der Waals surface area contributed by atoms with Crippen molar-refractivity contribution in [2.24, 2.45) is 5.73 Å². The number of carbonyl (C=O) groups excluding carboxylic acids is 1. The van der Waals surface area contributed by atoms with Crippen LogP contribution in [0.1, 0.15) is 10.4 Å². The maximum absolute atomic E-state index is 11.9. The van der Waals surface area contributed by atoms with Gasteiger partial charge in [0.1, 0.15) is 10.6 Å². The summed E-state index contributed by atoms with van der Waals surface area (Å²) in [5.41, 5.74) is 4.83. The SMILES string of the molecule is CSc1nc(Nc2ccc(S(=O)[O-])cc2)[nH]c(=O)c1C(N)=O. The molecule has 0 radical (unpaired) electrons. The lowest BCUT2D eigenvalue weighted by atomic mass is 10.3. The van der Waals surface area contributed by atoms with Crippen LogP contribution in [-0.4, -0.2) is 30.9 Å². The number of thioether (sulfide) groups is 1. The normalized spacial score (nSPS) is 11.9. The van der Waals surface area contributed by atoms with Gasteiger partial charge in [0.05, 0.1) is 0 Å². The van der Waals surface area contributed by atoms with Gasteiger partial charge in [-0.05, 0) is 41.6 Å². The molecule has 1 atom stereocenters. The summed E-state index contributed by atoms with van der Waals surface area (Å²) in [6.45, 7) is 0. The molecule has 0 aliphatic heterocycles. The molecular weight excluding hydrogens is 328 g/mol. The van der Waals surface area contributed by atoms with E-state index in [-0.39, 0.29) is 21.4 Å². The fraction of sp³-hybridized carbons (Fsp3) is 0.0833. The van der Waals surface area contributed by atoms with E-state index in [0.29, 0.717) is 5.69 Å². The average molecular weight is 339 g/mol. The highest BCUT2D eigenvalue weighted by atomic mass is 32.2. The van der Waals surface area contributed by atoms with Crippen LogP contribution in [0.3, 0.4) is 0 Å². The van der Waals surface area contributed by atoms with Gasteiger partial charge in [0.2, 0.25) is 5.95 Å². The molecule has 116 valence electrons. The molecule has 1 amide bonds. The van der Waals surface area contributed by atoms with Crippen molar-refractivity contribution in [1.29, 1.82) is 0 Å². The molecule has 0 aliphatic rings. The van der Waals surface area contributed by atoms with Crippen molar-refractivity contribution in [2.75, 3.05) is 11.6 Å². The Morgan fingerprint density at radius 3 is 2.55 bits per heavy atom. The van der Waals surface area contributed by atoms with E-state index < -0.39 is 22.5 Å². The lowest BCUT2D eigenvalue weighted by Crippen LogP contribution is -2.26. The van der Waals surface area contributed by atoms with Crippen LogP contribution in [0.25, 0.3) is 0 Å². The maximum Gasteiger partial charge on any atom is 0.266 e. The fourth-order valence-electron chi connectivity index (χ4n) is 1.66. The fourth-order valence-corrected chi connectivity index (χ4v) is 2.60. The predicted octanol–water partition coefficient (Wildman–Crippen LogP) is 0.572. The second kappa shape index (κ2) is 6.73. The lowest BCUT2D eigenvalue weighted by Gasteiger charge is -2.10. The van der Waals surface area contributed by atoms with Crippen molar-refractivity contribution in [3.05, 3.63) is 40.2 Å². The Balaban J connectivity index is 2.34. The number of nitrogens with zero attached hydrogens (tertiary/aromatic N) is 1. The van der Waals surface area contributed by atoms with Crippen molar-refractivity contribution in [3.63, 3.8) is 0 Å². The van der Waals surface area contributed by atoms with Gasteiger partial charge in [-0.15, -0.1) is 11.8 Å². The van der Waals surface area contributed by atoms with Gasteiger partial charge in [0, 0.05) is 10.6 Å². The smallest absolute Gasteiger partial charge is 0.266 e. The van der Waals surface area contributed by atoms with Crippen molar-refractivity contribution >= 4 is 40.4 Å². The zero-order valence-electron chi connectivity index (χ0n) is 11.3. The van der Waals surface area contributed by atoms with E-state index in [0.717, 1.165) is 11.8 Å². The maximum atomic E-state index is 11.9. The summed E-state index contributed by atoms with van der Waals surface area (Å²) < 4.78 is 21.5. The molecule has 1 unspecified atom stereocenters. The summed E-state index contributed by atoms with van der Waals surface area (Å²) in [5.74, 6) is -0.734. The summed E-state index contributed by atoms with van der Waals surface area (Å²) in [7, 11) is 0. The van der Waals surface area contributed by atoms with Gasteiger partial charge >= 0.3 is 0 Å². The molecule has 2 rings (SSSR count). The third kappa shape index (κ3) is 3.53. The van der Waals surface area contributed by atoms with Crippen molar-refractivity contribution < 1.29 is 13.6 Å². The van der Waals surface area contributed by atoms with Crippen LogP contribution in [-0.2, 0) is 11.1 Å². The molecule has 22 heavy (non-hydrogen) atoms. The van der Waals surface area contributed by atoms with E-state index in [4.69, 9.17) is 5.73 Å². The first-order chi connectivity index (χ1) is 10.4. The second-order valence-electron chi connectivity index (χ2n) is 4.05. The molecule has 10 heteroatoms. The lowest BCUT2D eigenvalue weighted by molar-refractivity contribution is 0.0995. The van der Waals surface area contributed by atoms with E-state index >= 15 is 0 Å². The average Bonchev–Trinajstić information content (AvgIpc) is 2.46. The molecule has 1 aromatic heterocycles. The van der Waals surface area contributed by atoms with Gasteiger partial charge in [0.25, 0.3) is 11.5 Å². The van der Waals surface area contributed by atoms with Crippen LogP contribution < -0.4 is 16.6 Å². The van der Waals surface area contributed by atoms with Crippen LogP contribution in [0.5, 0.6) is 0 Å². The molecule has 1 aromatic carbocycles. The molecule has 1 heterocycles. The van der Waals surface area contributed by atoms with E-state index in [1.54, 1.807) is 6.26 Å². The van der Waals surface area contributed by atoms with E-state index in [9.17, 15) is 18.4 Å². The molecule has 0 bridgehead atoms. The number of nitrogens with two attached hydrogens (primary N) is 1. The molecule has 0 aliphatic carbocycles. The Kier molecular flexibility index (Phi) is 4.96. The van der Waals surface area contributed by atoms with Gasteiger partial charge in [0.15, 0.2) is 0 Å². The number of benzene rings is 1. The third-order valence-electron chi connectivity index (χ3n) is 2.64. The Morgan fingerprint density at radius 1 is 1.41 bits per heavy atom. The van der Waals surface area contributed by atoms with Crippen LogP contribution in [0.15, 0.2) is 39.0 Å². The summed E-state index contributed by atoms with van der Waals surface area (Å²) in [5, 5.41) is 3.02. The van der Waals surface area contributed by atoms with Gasteiger partial charge < -0.3 is 15.6 Å². The molecule has 4 N–H and O–H groups in total. The largest absolute Gasteiger partial charge is 0.768 e. The Hall–Kier alpha value is -2.17. The van der Waals surface area contributed by atoms with Crippen molar-refractivity contribution in [1.82, 2.24) is 9.97 Å². The summed E-state index contributed by atoms with van der Waals surface area (Å²) >= 11 is -1.19. The highest BCUT2D eigenvalue weighted by Gasteiger charge is 2.15. The number of primary amides is 1. The van der Waals surface area contributed by atoms with Crippen LogP contribution >= 0.6 is 11.8 Å². The summed E-state index contributed by atoms with van der Waals surface area (Å²) in [6.07, 6.45) is 1.66. The first-order valence-electron chi connectivity index (χ1n) is 5.87. The number of carbonyl (C=O) groups is 1. The van der Waals surface area contributed by atoms with Crippen LogP contribution in [0.2, 0.25) is 0 Å². The molecular formula is C12H11N4O4S2-. The number of nitrogens with one attached hydrogen (secondary N) is 2. The van der Waals surface area contributed by atoms with Gasteiger partial charge in [-0.25, -0.2) is 4.98 Å². The molecule has 0 saturated carbocycles. The first-order valence-corrected chi connectivity index (χ1v) is 8.16. The summed E-state index contributed by atoms with van der Waals surface area (Å²) in [4.78, 5) is 29.7. The number of amides is 1. The minimum atomic E-state index is -2.31. The zero-order chi connectivity index (χ0) is 16.3. The highest BCUT2D eigenvalue weighted by molar-refractivity contribution is 7.98. The minimum absolute atomic E-state index is 0.121. The Labute approximate surface area is 131 Å². The minimum Gasteiger partial charge on any atom is -0.768 e. The predicted molar refractivity (Wildman–Crippen MR) is 82.1 cm³/mol. The number of hydrogen-bond donors (Lipinski definition) is 3. The van der Waals surface area contributed by atoms with Crippen LogP contribution in [0.4, 0.5) is 11.6 Å². The third-order valence-corrected chi connectivity index (χ3v) is 3.97. The highest BCUT2D eigenvalue weighted by Crippen LogP contribution is 2.19. The number of aromatic amines is 1. The van der Waals surface area contributed by atoms with Crippen molar-refractivity contribution in [3.8, 4) is 0 Å². The standard InChI is InChI=1S/C12H12N4O4S2/c1-21-11-8(9(13)17)10(18)15-12(16-11)14-6-2-4-7(5-3-6)22(19)20/h2-5H,1H3,(H2,13,17)(H,19,20)(H2,14,15,16,18)/p-1. The monoisotopic (exact) mass is 339 g/mol. The quantitative estimate of drug-likeness (QED) is 0.411.